The van der Waals surface area contributed by atoms with Crippen molar-refractivity contribution in [2.24, 2.45) is 0 Å². The fraction of sp³-hybridized carbons (Fsp3) is 0.833. The lowest BCUT2D eigenvalue weighted by Gasteiger charge is -2.30. The lowest BCUT2D eigenvalue weighted by atomic mass is 10.2. The van der Waals surface area contributed by atoms with E-state index in [-0.39, 0.29) is 15.7 Å². The second-order valence-electron chi connectivity index (χ2n) is 2.33. The Hall–Kier alpha value is -0.353. The van der Waals surface area contributed by atoms with Crippen LogP contribution in [0.1, 0.15) is 6.42 Å². The molecule has 0 radical (unpaired) electrons. The monoisotopic (exact) mass is 159 g/mol. The Bertz CT molecular complexity index is 129. The van der Waals surface area contributed by atoms with E-state index >= 15 is 0 Å². The molecule has 1 aliphatic rings. The number of nitrogens with zero attached hydrogens (tertiary/aromatic N) is 1. The fourth-order valence-electron chi connectivity index (χ4n) is 0.917. The molecule has 0 spiro atoms. The van der Waals surface area contributed by atoms with Gasteiger partial charge in [-0.25, -0.2) is 0 Å². The van der Waals surface area contributed by atoms with Crippen LogP contribution >= 0.6 is 0 Å². The summed E-state index contributed by atoms with van der Waals surface area (Å²) in [6.07, 6.45) is 0.740. The third kappa shape index (κ3) is 1.81. The summed E-state index contributed by atoms with van der Waals surface area (Å²) in [5.41, 5.74) is 0. The molecule has 0 unspecified atom stereocenters. The molecule has 0 aliphatic carbocycles. The normalized spacial score (nSPS) is 18.5. The third-order valence-corrected chi connectivity index (χ3v) is 2.35. The summed E-state index contributed by atoms with van der Waals surface area (Å²) in [6, 6.07) is 0. The first-order chi connectivity index (χ1) is 4.84. The predicted octanol–water partition coefficient (Wildman–Crippen LogP) is -0.633. The Balaban J connectivity index is 1.98. The highest BCUT2D eigenvalue weighted by Crippen LogP contribution is 2.06. The van der Waals surface area contributed by atoms with Crippen LogP contribution in [-0.2, 0) is 9.22 Å². The average molecular weight is 159 g/mol. The van der Waals surface area contributed by atoms with Gasteiger partial charge in [-0.2, -0.15) is 0 Å². The van der Waals surface area contributed by atoms with E-state index in [2.05, 4.69) is 6.55 Å². The Morgan fingerprint density at radius 3 is 3.00 bits per heavy atom. The van der Waals surface area contributed by atoms with Gasteiger partial charge in [0, 0.05) is 19.5 Å². The molecular formula is C6H13NO2Si. The maximum absolute atomic E-state index is 10.7. The lowest BCUT2D eigenvalue weighted by Crippen LogP contribution is -2.45. The first kappa shape index (κ1) is 7.75. The molecule has 1 saturated heterocycles. The Kier molecular flexibility index (Phi) is 2.89. The summed E-state index contributed by atoms with van der Waals surface area (Å²) in [5, 5.41) is 0. The van der Waals surface area contributed by atoms with Crippen molar-refractivity contribution in [1.29, 1.82) is 0 Å². The molecule has 0 saturated carbocycles. The van der Waals surface area contributed by atoms with Gasteiger partial charge in [0.2, 0.25) is 5.91 Å². The van der Waals surface area contributed by atoms with Gasteiger partial charge in [0.15, 0.2) is 9.76 Å². The maximum Gasteiger partial charge on any atom is 0.224 e. The van der Waals surface area contributed by atoms with Crippen LogP contribution in [0, 0.1) is 0 Å². The molecule has 3 nitrogen and oxygen atoms in total. The predicted molar refractivity (Wildman–Crippen MR) is 41.6 cm³/mol. The quantitative estimate of drug-likeness (QED) is 0.310. The molecular weight excluding hydrogens is 146 g/mol. The Morgan fingerprint density at radius 2 is 2.60 bits per heavy atom. The van der Waals surface area contributed by atoms with Crippen LogP contribution in [0.15, 0.2) is 0 Å². The SMILES string of the molecule is C[SiH2]OCCN1CCC1=O. The molecule has 1 aliphatic heterocycles. The summed E-state index contributed by atoms with van der Waals surface area (Å²) < 4.78 is 5.23. The first-order valence-corrected chi connectivity index (χ1v) is 5.69. The number of amides is 1. The van der Waals surface area contributed by atoms with Crippen LogP contribution in [0.4, 0.5) is 0 Å². The van der Waals surface area contributed by atoms with Crippen LogP contribution in [-0.4, -0.2) is 40.3 Å². The van der Waals surface area contributed by atoms with Gasteiger partial charge in [0.25, 0.3) is 0 Å². The summed E-state index contributed by atoms with van der Waals surface area (Å²) in [5.74, 6) is 0.279. The Morgan fingerprint density at radius 1 is 1.80 bits per heavy atom. The van der Waals surface area contributed by atoms with Crippen LogP contribution in [0.2, 0.25) is 6.55 Å². The zero-order valence-electron chi connectivity index (χ0n) is 6.30. The van der Waals surface area contributed by atoms with Gasteiger partial charge in [0.1, 0.15) is 0 Å². The largest absolute Gasteiger partial charge is 0.422 e. The highest BCUT2D eigenvalue weighted by atomic mass is 28.2. The lowest BCUT2D eigenvalue weighted by molar-refractivity contribution is -0.140. The summed E-state index contributed by atoms with van der Waals surface area (Å²) >= 11 is 0. The molecule has 1 amide bonds. The van der Waals surface area contributed by atoms with Crippen LogP contribution < -0.4 is 0 Å². The number of hydrogen-bond donors (Lipinski definition) is 0. The van der Waals surface area contributed by atoms with E-state index < -0.39 is 0 Å². The topological polar surface area (TPSA) is 29.5 Å². The molecule has 1 rings (SSSR count). The molecule has 1 heterocycles. The molecule has 1 fully saturated rings. The van der Waals surface area contributed by atoms with E-state index in [4.69, 9.17) is 4.43 Å². The van der Waals surface area contributed by atoms with Crippen molar-refractivity contribution < 1.29 is 9.22 Å². The average Bonchev–Trinajstić information content (AvgIpc) is 1.95. The number of carbonyl (C=O) groups excluding carboxylic acids is 1. The van der Waals surface area contributed by atoms with Crippen molar-refractivity contribution in [3.8, 4) is 0 Å². The van der Waals surface area contributed by atoms with Crippen molar-refractivity contribution in [2.45, 2.75) is 13.0 Å². The molecule has 0 atom stereocenters. The molecule has 10 heavy (non-hydrogen) atoms. The van der Waals surface area contributed by atoms with E-state index in [1.54, 1.807) is 0 Å². The van der Waals surface area contributed by atoms with Gasteiger partial charge in [-0.1, -0.05) is 6.55 Å². The molecule has 0 bridgehead atoms. The first-order valence-electron chi connectivity index (χ1n) is 3.70. The van der Waals surface area contributed by atoms with E-state index in [0.29, 0.717) is 0 Å². The second-order valence-corrected chi connectivity index (χ2v) is 3.31. The van der Waals surface area contributed by atoms with Gasteiger partial charge in [-0.05, 0) is 0 Å². The van der Waals surface area contributed by atoms with Crippen molar-refractivity contribution in [1.82, 2.24) is 4.90 Å². The van der Waals surface area contributed by atoms with Gasteiger partial charge >= 0.3 is 0 Å². The highest BCUT2D eigenvalue weighted by molar-refractivity contribution is 6.24. The summed E-state index contributed by atoms with van der Waals surface area (Å²) in [4.78, 5) is 12.5. The number of likely N-dealkylation sites (tertiary alicyclic amines) is 1. The standard InChI is InChI=1S/C6H13NO2Si/c1-10-9-5-4-7-3-2-6(7)8/h2-5,10H2,1H3. The van der Waals surface area contributed by atoms with Crippen molar-refractivity contribution in [3.05, 3.63) is 0 Å². The molecule has 0 aromatic carbocycles. The molecule has 0 N–H and O–H groups in total. The number of hydrogen-bond acceptors (Lipinski definition) is 2. The van der Waals surface area contributed by atoms with Crippen molar-refractivity contribution >= 4 is 15.7 Å². The van der Waals surface area contributed by atoms with Gasteiger partial charge in [-0.15, -0.1) is 0 Å². The van der Waals surface area contributed by atoms with Crippen LogP contribution in [0.25, 0.3) is 0 Å². The zero-order valence-corrected chi connectivity index (χ0v) is 7.71. The number of β-lactam (4-membered cyclic amide) rings is 1. The van der Waals surface area contributed by atoms with Gasteiger partial charge < -0.3 is 9.33 Å². The summed E-state index contributed by atoms with van der Waals surface area (Å²) in [6.45, 7) is 4.58. The number of rotatable bonds is 4. The minimum atomic E-state index is -0.267. The maximum atomic E-state index is 10.7. The number of carbonyl (C=O) groups is 1. The van der Waals surface area contributed by atoms with Crippen molar-refractivity contribution in [3.63, 3.8) is 0 Å². The van der Waals surface area contributed by atoms with E-state index in [9.17, 15) is 4.79 Å². The zero-order chi connectivity index (χ0) is 7.40. The fourth-order valence-corrected chi connectivity index (χ4v) is 1.33. The second kappa shape index (κ2) is 3.73. The van der Waals surface area contributed by atoms with Gasteiger partial charge in [0.05, 0.1) is 6.61 Å². The van der Waals surface area contributed by atoms with Gasteiger partial charge in [-0.3, -0.25) is 4.79 Å². The molecule has 0 aromatic heterocycles. The smallest absolute Gasteiger partial charge is 0.224 e. The third-order valence-electron chi connectivity index (χ3n) is 1.66. The van der Waals surface area contributed by atoms with E-state index in [1.807, 2.05) is 4.90 Å². The minimum Gasteiger partial charge on any atom is -0.422 e. The van der Waals surface area contributed by atoms with Crippen LogP contribution in [0.3, 0.4) is 0 Å². The highest BCUT2D eigenvalue weighted by Gasteiger charge is 2.22. The Labute approximate surface area is 63.3 Å². The van der Waals surface area contributed by atoms with Crippen LogP contribution in [0.5, 0.6) is 0 Å². The summed E-state index contributed by atoms with van der Waals surface area (Å²) in [7, 11) is -0.267. The van der Waals surface area contributed by atoms with Crippen molar-refractivity contribution in [2.75, 3.05) is 19.7 Å². The van der Waals surface area contributed by atoms with E-state index in [1.165, 1.54) is 0 Å². The molecule has 58 valence electrons. The minimum absolute atomic E-state index is 0.267. The molecule has 0 aromatic rings. The van der Waals surface area contributed by atoms with E-state index in [0.717, 1.165) is 26.1 Å². The molecule has 4 heteroatoms.